The van der Waals surface area contributed by atoms with E-state index in [1.165, 1.54) is 11.1 Å². The summed E-state index contributed by atoms with van der Waals surface area (Å²) in [7, 11) is 0. The predicted octanol–water partition coefficient (Wildman–Crippen LogP) is 2.69. The highest BCUT2D eigenvalue weighted by atomic mass is 16.3. The summed E-state index contributed by atoms with van der Waals surface area (Å²) < 4.78 is 0. The molecular formula is C18H27NO2. The third kappa shape index (κ3) is 2.47. The van der Waals surface area contributed by atoms with Gasteiger partial charge in [-0.25, -0.2) is 0 Å². The van der Waals surface area contributed by atoms with Crippen molar-refractivity contribution in [2.75, 3.05) is 13.1 Å². The molecule has 3 heteroatoms. The van der Waals surface area contributed by atoms with Crippen LogP contribution in [-0.2, 0) is 11.8 Å². The number of hydrogen-bond donors (Lipinski definition) is 2. The quantitative estimate of drug-likeness (QED) is 0.880. The van der Waals surface area contributed by atoms with Crippen LogP contribution in [0.5, 0.6) is 5.75 Å². The number of likely N-dealkylation sites (tertiary alicyclic amines) is 1. The van der Waals surface area contributed by atoms with Crippen LogP contribution in [0.4, 0.5) is 0 Å². The second-order valence-corrected chi connectivity index (χ2v) is 7.85. The van der Waals surface area contributed by atoms with Crippen LogP contribution in [0.2, 0.25) is 0 Å². The molecule has 0 amide bonds. The largest absolute Gasteiger partial charge is 0.508 e. The number of benzene rings is 1. The van der Waals surface area contributed by atoms with Gasteiger partial charge in [0.1, 0.15) is 5.75 Å². The lowest BCUT2D eigenvalue weighted by atomic mass is 9.59. The van der Waals surface area contributed by atoms with Gasteiger partial charge in [-0.05, 0) is 67.8 Å². The van der Waals surface area contributed by atoms with Crippen molar-refractivity contribution in [1.29, 1.82) is 0 Å². The molecule has 2 bridgehead atoms. The van der Waals surface area contributed by atoms with Gasteiger partial charge in [-0.1, -0.05) is 19.9 Å². The van der Waals surface area contributed by atoms with Crippen molar-refractivity contribution in [3.63, 3.8) is 0 Å². The summed E-state index contributed by atoms with van der Waals surface area (Å²) in [4.78, 5) is 2.46. The average Bonchev–Trinajstić information content (AvgIpc) is 2.37. The molecule has 1 aliphatic carbocycles. The molecule has 3 atom stereocenters. The summed E-state index contributed by atoms with van der Waals surface area (Å²) in [5.74, 6) is 0.905. The van der Waals surface area contributed by atoms with Crippen molar-refractivity contribution >= 4 is 0 Å². The van der Waals surface area contributed by atoms with Gasteiger partial charge in [-0.2, -0.15) is 0 Å². The maximum Gasteiger partial charge on any atom is 0.115 e. The van der Waals surface area contributed by atoms with Crippen LogP contribution in [0.15, 0.2) is 18.2 Å². The second kappa shape index (κ2) is 4.72. The highest BCUT2D eigenvalue weighted by molar-refractivity contribution is 5.44. The van der Waals surface area contributed by atoms with Gasteiger partial charge in [0.2, 0.25) is 0 Å². The van der Waals surface area contributed by atoms with E-state index in [9.17, 15) is 10.2 Å². The number of phenols is 1. The van der Waals surface area contributed by atoms with E-state index in [0.29, 0.717) is 17.7 Å². The van der Waals surface area contributed by atoms with Crippen molar-refractivity contribution in [3.8, 4) is 5.75 Å². The lowest BCUT2D eigenvalue weighted by Crippen LogP contribution is -2.60. The van der Waals surface area contributed by atoms with Crippen molar-refractivity contribution < 1.29 is 10.2 Å². The monoisotopic (exact) mass is 289 g/mol. The van der Waals surface area contributed by atoms with Crippen LogP contribution in [0, 0.1) is 5.92 Å². The van der Waals surface area contributed by atoms with Gasteiger partial charge < -0.3 is 10.2 Å². The minimum Gasteiger partial charge on any atom is -0.508 e. The smallest absolute Gasteiger partial charge is 0.115 e. The van der Waals surface area contributed by atoms with E-state index < -0.39 is 5.60 Å². The zero-order chi connectivity index (χ0) is 15.4. The van der Waals surface area contributed by atoms with E-state index in [1.807, 2.05) is 19.9 Å². The summed E-state index contributed by atoms with van der Waals surface area (Å²) in [6.45, 7) is 10.2. The number of β-amino-alcohol motifs (C(OH)–C–C–N with tert-alkyl or cyclic N) is 1. The fourth-order valence-electron chi connectivity index (χ4n) is 4.39. The molecule has 1 saturated heterocycles. The van der Waals surface area contributed by atoms with E-state index in [1.54, 1.807) is 6.07 Å². The molecule has 2 N–H and O–H groups in total. The molecule has 3 rings (SSSR count). The molecule has 0 radical (unpaired) electrons. The maximum absolute atomic E-state index is 10.2. The van der Waals surface area contributed by atoms with E-state index in [4.69, 9.17) is 0 Å². The molecule has 0 spiro atoms. The normalized spacial score (nSPS) is 32.8. The Labute approximate surface area is 127 Å². The van der Waals surface area contributed by atoms with Gasteiger partial charge >= 0.3 is 0 Å². The number of piperidine rings is 1. The Balaban J connectivity index is 1.98. The Kier molecular flexibility index (Phi) is 3.34. The van der Waals surface area contributed by atoms with Gasteiger partial charge in [0.25, 0.3) is 0 Å². The number of hydrogen-bond acceptors (Lipinski definition) is 3. The van der Waals surface area contributed by atoms with Crippen LogP contribution < -0.4 is 0 Å². The standard InChI is InChI=1S/C18H27NO2/c1-12-16-9-13-5-6-14(20)10-15(13)18(12,4)7-8-19(16)11-17(2,3)21/h5-6,10,12,16,20-21H,7-9,11H2,1-4H3/t12?,16-,18?/m1/s1. The predicted molar refractivity (Wildman–Crippen MR) is 84.6 cm³/mol. The lowest BCUT2D eigenvalue weighted by molar-refractivity contribution is -0.0297. The molecule has 1 aliphatic heterocycles. The number of aromatic hydroxyl groups is 1. The van der Waals surface area contributed by atoms with Gasteiger partial charge in [0.05, 0.1) is 5.60 Å². The van der Waals surface area contributed by atoms with Crippen molar-refractivity contribution in [2.45, 2.75) is 57.6 Å². The Bertz CT molecular complexity index is 549. The van der Waals surface area contributed by atoms with Gasteiger partial charge in [0, 0.05) is 12.6 Å². The summed E-state index contributed by atoms with van der Waals surface area (Å²) in [6, 6.07) is 6.32. The molecule has 1 aromatic rings. The summed E-state index contributed by atoms with van der Waals surface area (Å²) in [5, 5.41) is 20.0. The molecule has 1 aromatic carbocycles. The van der Waals surface area contributed by atoms with Crippen molar-refractivity contribution in [3.05, 3.63) is 29.3 Å². The topological polar surface area (TPSA) is 43.7 Å². The summed E-state index contributed by atoms with van der Waals surface area (Å²) >= 11 is 0. The fraction of sp³-hybridized carbons (Fsp3) is 0.667. The minimum atomic E-state index is -0.650. The Morgan fingerprint density at radius 3 is 2.76 bits per heavy atom. The number of phenolic OH excluding ortho intramolecular Hbond substituents is 1. The van der Waals surface area contributed by atoms with Crippen LogP contribution in [0.25, 0.3) is 0 Å². The van der Waals surface area contributed by atoms with E-state index in [-0.39, 0.29) is 5.41 Å². The first-order valence-electron chi connectivity index (χ1n) is 7.99. The van der Waals surface area contributed by atoms with Crippen molar-refractivity contribution in [2.24, 2.45) is 5.92 Å². The Morgan fingerprint density at radius 1 is 1.38 bits per heavy atom. The highest BCUT2D eigenvalue weighted by Crippen LogP contribution is 2.49. The van der Waals surface area contributed by atoms with E-state index >= 15 is 0 Å². The van der Waals surface area contributed by atoms with Gasteiger partial charge in [0.15, 0.2) is 0 Å². The first kappa shape index (κ1) is 14.9. The molecule has 1 fully saturated rings. The molecular weight excluding hydrogens is 262 g/mol. The molecule has 2 unspecified atom stereocenters. The zero-order valence-corrected chi connectivity index (χ0v) is 13.6. The average molecular weight is 289 g/mol. The molecule has 0 saturated carbocycles. The Morgan fingerprint density at radius 2 is 2.10 bits per heavy atom. The maximum atomic E-state index is 10.2. The fourth-order valence-corrected chi connectivity index (χ4v) is 4.39. The molecule has 116 valence electrons. The van der Waals surface area contributed by atoms with Crippen LogP contribution in [0.3, 0.4) is 0 Å². The van der Waals surface area contributed by atoms with Gasteiger partial charge in [-0.15, -0.1) is 0 Å². The molecule has 21 heavy (non-hydrogen) atoms. The zero-order valence-electron chi connectivity index (χ0n) is 13.6. The Hall–Kier alpha value is -1.06. The third-order valence-electron chi connectivity index (χ3n) is 5.70. The van der Waals surface area contributed by atoms with E-state index in [2.05, 4.69) is 24.8 Å². The van der Waals surface area contributed by atoms with Crippen molar-refractivity contribution in [1.82, 2.24) is 4.90 Å². The summed E-state index contributed by atoms with van der Waals surface area (Å²) in [6.07, 6.45) is 2.10. The third-order valence-corrected chi connectivity index (χ3v) is 5.70. The van der Waals surface area contributed by atoms with Gasteiger partial charge in [-0.3, -0.25) is 4.90 Å². The minimum absolute atomic E-state index is 0.132. The van der Waals surface area contributed by atoms with Crippen LogP contribution >= 0.6 is 0 Å². The first-order chi connectivity index (χ1) is 9.71. The lowest BCUT2D eigenvalue weighted by Gasteiger charge is -2.55. The number of fused-ring (bicyclic) bond motifs is 4. The molecule has 0 aromatic heterocycles. The van der Waals surface area contributed by atoms with Crippen LogP contribution in [-0.4, -0.2) is 39.8 Å². The number of rotatable bonds is 2. The first-order valence-corrected chi connectivity index (χ1v) is 7.99. The second-order valence-electron chi connectivity index (χ2n) is 7.85. The molecule has 3 nitrogen and oxygen atoms in total. The molecule has 2 aliphatic rings. The number of aliphatic hydroxyl groups is 1. The highest BCUT2D eigenvalue weighted by Gasteiger charge is 2.48. The SMILES string of the molecule is CC1[C@H]2Cc3ccc(O)cc3C1(C)CCN2CC(C)(C)O. The van der Waals surface area contributed by atoms with Crippen LogP contribution in [0.1, 0.15) is 45.2 Å². The summed E-state index contributed by atoms with van der Waals surface area (Å²) in [5.41, 5.74) is 2.17. The number of nitrogens with zero attached hydrogens (tertiary/aromatic N) is 1. The molecule has 1 heterocycles. The van der Waals surface area contributed by atoms with E-state index in [0.717, 1.165) is 25.9 Å².